The molecule has 2 saturated carbocycles. The topological polar surface area (TPSA) is 71.3 Å². The fourth-order valence-corrected chi connectivity index (χ4v) is 3.95. The highest BCUT2D eigenvalue weighted by Crippen LogP contribution is 2.45. The van der Waals surface area contributed by atoms with E-state index in [9.17, 15) is 8.42 Å². The molecule has 0 unspecified atom stereocenters. The molecule has 1 aromatic heterocycles. The van der Waals surface area contributed by atoms with Crippen molar-refractivity contribution in [2.24, 2.45) is 11.8 Å². The summed E-state index contributed by atoms with van der Waals surface area (Å²) in [4.78, 5) is 0. The van der Waals surface area contributed by atoms with Crippen LogP contribution in [0, 0.1) is 11.8 Å². The Hall–Kier alpha value is -0.850. The summed E-state index contributed by atoms with van der Waals surface area (Å²) in [5, 5.41) is 3.25. The molecule has 0 spiro atoms. The van der Waals surface area contributed by atoms with Crippen molar-refractivity contribution in [1.29, 1.82) is 0 Å². The molecule has 2 fully saturated rings. The standard InChI is InChI=1S/C15H24N2O3S/c1-10(2)16-9-13-7-8-14(20-13)21(18,19)17-15(11-3-4-11)12-5-6-12/h7-8,10-12,15-17H,3-6,9H2,1-2H3. The number of nitrogens with one attached hydrogen (secondary N) is 2. The summed E-state index contributed by atoms with van der Waals surface area (Å²) in [5.41, 5.74) is 0. The molecule has 118 valence electrons. The third kappa shape index (κ3) is 3.87. The summed E-state index contributed by atoms with van der Waals surface area (Å²) in [7, 11) is -3.53. The first-order chi connectivity index (χ1) is 9.95. The van der Waals surface area contributed by atoms with Crippen molar-refractivity contribution < 1.29 is 12.8 Å². The monoisotopic (exact) mass is 312 g/mol. The van der Waals surface area contributed by atoms with Gasteiger partial charge >= 0.3 is 0 Å². The molecular formula is C15H24N2O3S. The fourth-order valence-electron chi connectivity index (χ4n) is 2.63. The van der Waals surface area contributed by atoms with Gasteiger partial charge in [0.25, 0.3) is 10.0 Å². The first-order valence-electron chi connectivity index (χ1n) is 7.80. The molecule has 2 aliphatic carbocycles. The van der Waals surface area contributed by atoms with Crippen molar-refractivity contribution in [2.75, 3.05) is 0 Å². The third-order valence-electron chi connectivity index (χ3n) is 4.14. The highest BCUT2D eigenvalue weighted by Gasteiger charge is 2.43. The Morgan fingerprint density at radius 1 is 1.19 bits per heavy atom. The van der Waals surface area contributed by atoms with Gasteiger partial charge in [0.05, 0.1) is 6.54 Å². The molecule has 0 bridgehead atoms. The van der Waals surface area contributed by atoms with E-state index in [4.69, 9.17) is 4.42 Å². The van der Waals surface area contributed by atoms with Crippen molar-refractivity contribution in [2.45, 2.75) is 63.3 Å². The van der Waals surface area contributed by atoms with Gasteiger partial charge in [-0.15, -0.1) is 0 Å². The van der Waals surface area contributed by atoms with Gasteiger partial charge in [-0.1, -0.05) is 13.8 Å². The van der Waals surface area contributed by atoms with Gasteiger partial charge in [0, 0.05) is 12.1 Å². The maximum absolute atomic E-state index is 12.4. The van der Waals surface area contributed by atoms with Crippen LogP contribution in [-0.2, 0) is 16.6 Å². The molecule has 6 heteroatoms. The Morgan fingerprint density at radius 3 is 2.33 bits per heavy atom. The molecule has 0 aliphatic heterocycles. The van der Waals surface area contributed by atoms with Crippen molar-refractivity contribution >= 4 is 10.0 Å². The van der Waals surface area contributed by atoms with Crippen molar-refractivity contribution in [3.63, 3.8) is 0 Å². The number of sulfonamides is 1. The summed E-state index contributed by atoms with van der Waals surface area (Å²) in [5.74, 6) is 1.71. The molecule has 0 atom stereocenters. The molecule has 0 amide bonds. The molecule has 0 radical (unpaired) electrons. The summed E-state index contributed by atoms with van der Waals surface area (Å²) in [6.45, 7) is 4.62. The van der Waals surface area contributed by atoms with Gasteiger partial charge in [0.1, 0.15) is 5.76 Å². The molecule has 21 heavy (non-hydrogen) atoms. The van der Waals surface area contributed by atoms with E-state index in [1.54, 1.807) is 12.1 Å². The molecule has 1 heterocycles. The van der Waals surface area contributed by atoms with Gasteiger partial charge in [-0.2, -0.15) is 0 Å². The molecule has 0 aromatic carbocycles. The lowest BCUT2D eigenvalue weighted by molar-refractivity contribution is 0.387. The Balaban J connectivity index is 1.66. The minimum atomic E-state index is -3.53. The van der Waals surface area contributed by atoms with Crippen LogP contribution < -0.4 is 10.0 Å². The van der Waals surface area contributed by atoms with Gasteiger partial charge in [0.15, 0.2) is 0 Å². The van der Waals surface area contributed by atoms with Crippen LogP contribution in [0.5, 0.6) is 0 Å². The lowest BCUT2D eigenvalue weighted by atomic mass is 10.1. The van der Waals surface area contributed by atoms with E-state index in [2.05, 4.69) is 10.0 Å². The van der Waals surface area contributed by atoms with Crippen LogP contribution in [-0.4, -0.2) is 20.5 Å². The average Bonchev–Trinajstić information content (AvgIpc) is 3.32. The number of hydrogen-bond acceptors (Lipinski definition) is 4. The fraction of sp³-hybridized carbons (Fsp3) is 0.733. The Morgan fingerprint density at radius 2 is 1.81 bits per heavy atom. The van der Waals surface area contributed by atoms with E-state index in [0.717, 1.165) is 25.7 Å². The predicted molar refractivity (Wildman–Crippen MR) is 80.2 cm³/mol. The van der Waals surface area contributed by atoms with Crippen molar-refractivity contribution in [3.8, 4) is 0 Å². The van der Waals surface area contributed by atoms with Gasteiger partial charge < -0.3 is 9.73 Å². The zero-order valence-corrected chi connectivity index (χ0v) is 13.4. The lowest BCUT2D eigenvalue weighted by Gasteiger charge is -2.16. The Bertz CT molecular complexity index is 574. The van der Waals surface area contributed by atoms with E-state index in [0.29, 0.717) is 30.2 Å². The molecule has 2 aliphatic rings. The maximum atomic E-state index is 12.4. The van der Waals surface area contributed by atoms with Gasteiger partial charge in [-0.3, -0.25) is 0 Å². The zero-order valence-electron chi connectivity index (χ0n) is 12.6. The van der Waals surface area contributed by atoms with Crippen LogP contribution in [0.1, 0.15) is 45.3 Å². The van der Waals surface area contributed by atoms with Crippen LogP contribution in [0.25, 0.3) is 0 Å². The molecular weight excluding hydrogens is 288 g/mol. The van der Waals surface area contributed by atoms with Gasteiger partial charge in [0.2, 0.25) is 5.09 Å². The second-order valence-corrected chi connectivity index (χ2v) is 8.22. The molecule has 1 aromatic rings. The minimum absolute atomic E-state index is 0.0364. The van der Waals surface area contributed by atoms with Crippen molar-refractivity contribution in [1.82, 2.24) is 10.0 Å². The number of hydrogen-bond donors (Lipinski definition) is 2. The average molecular weight is 312 g/mol. The van der Waals surface area contributed by atoms with E-state index < -0.39 is 10.0 Å². The highest BCUT2D eigenvalue weighted by atomic mass is 32.2. The Kier molecular flexibility index (Phi) is 4.12. The lowest BCUT2D eigenvalue weighted by Crippen LogP contribution is -2.37. The molecule has 2 N–H and O–H groups in total. The smallest absolute Gasteiger partial charge is 0.274 e. The van der Waals surface area contributed by atoms with Crippen molar-refractivity contribution in [3.05, 3.63) is 17.9 Å². The van der Waals surface area contributed by atoms with Gasteiger partial charge in [-0.25, -0.2) is 13.1 Å². The molecule has 3 rings (SSSR count). The maximum Gasteiger partial charge on any atom is 0.274 e. The summed E-state index contributed by atoms with van der Waals surface area (Å²) < 4.78 is 33.2. The summed E-state index contributed by atoms with van der Waals surface area (Å²) in [6.07, 6.45) is 4.58. The van der Waals surface area contributed by atoms with Crippen LogP contribution in [0.3, 0.4) is 0 Å². The van der Waals surface area contributed by atoms with Crippen LogP contribution >= 0.6 is 0 Å². The zero-order chi connectivity index (χ0) is 15.0. The first kappa shape index (κ1) is 15.1. The quantitative estimate of drug-likeness (QED) is 0.772. The second-order valence-electron chi connectivity index (χ2n) is 6.58. The predicted octanol–water partition coefficient (Wildman–Crippen LogP) is 2.24. The largest absolute Gasteiger partial charge is 0.447 e. The second kappa shape index (κ2) is 5.74. The highest BCUT2D eigenvalue weighted by molar-refractivity contribution is 7.89. The van der Waals surface area contributed by atoms with Crippen LogP contribution in [0.4, 0.5) is 0 Å². The number of rotatable bonds is 8. The van der Waals surface area contributed by atoms with Crippen LogP contribution in [0.15, 0.2) is 21.6 Å². The first-order valence-corrected chi connectivity index (χ1v) is 9.28. The van der Waals surface area contributed by atoms with Gasteiger partial charge in [-0.05, 0) is 49.7 Å². The normalized spacial score (nSPS) is 19.6. The minimum Gasteiger partial charge on any atom is -0.447 e. The van der Waals surface area contributed by atoms with E-state index in [1.165, 1.54) is 0 Å². The molecule has 5 nitrogen and oxygen atoms in total. The Labute approximate surface area is 126 Å². The number of furan rings is 1. The summed E-state index contributed by atoms with van der Waals surface area (Å²) >= 11 is 0. The van der Waals surface area contributed by atoms with E-state index in [1.807, 2.05) is 13.8 Å². The van der Waals surface area contributed by atoms with Crippen LogP contribution in [0.2, 0.25) is 0 Å². The van der Waals surface area contributed by atoms with E-state index in [-0.39, 0.29) is 11.1 Å². The SMILES string of the molecule is CC(C)NCc1ccc(S(=O)(=O)NC(C2CC2)C2CC2)o1. The van der Waals surface area contributed by atoms with E-state index >= 15 is 0 Å². The molecule has 0 saturated heterocycles. The summed E-state index contributed by atoms with van der Waals surface area (Å²) in [6, 6.07) is 3.73. The third-order valence-corrected chi connectivity index (χ3v) is 5.47.